The Morgan fingerprint density at radius 3 is 3.07 bits per heavy atom. The molecule has 0 aliphatic carbocycles. The molecule has 4 heteroatoms. The molecule has 0 aliphatic rings. The van der Waals surface area contributed by atoms with Crippen LogP contribution >= 0.6 is 0 Å². The molecule has 1 rings (SSSR count). The van der Waals surface area contributed by atoms with Gasteiger partial charge in [-0.2, -0.15) is 5.10 Å². The molecule has 1 heterocycles. The van der Waals surface area contributed by atoms with Crippen molar-refractivity contribution in [1.82, 2.24) is 10.2 Å². The minimum atomic E-state index is 0.269. The van der Waals surface area contributed by atoms with Crippen molar-refractivity contribution < 1.29 is 5.11 Å². The molecule has 4 nitrogen and oxygen atoms in total. The second-order valence-electron chi connectivity index (χ2n) is 3.47. The summed E-state index contributed by atoms with van der Waals surface area (Å²) in [5, 5.41) is 19.6. The number of nitrogens with zero attached hydrogens (tertiary/aromatic N) is 2. The van der Waals surface area contributed by atoms with Crippen molar-refractivity contribution in [3.63, 3.8) is 0 Å². The third-order valence-electron chi connectivity index (χ3n) is 2.06. The van der Waals surface area contributed by atoms with Gasteiger partial charge in [0.05, 0.1) is 0 Å². The van der Waals surface area contributed by atoms with Gasteiger partial charge in [-0.3, -0.25) is 0 Å². The maximum atomic E-state index is 8.81. The van der Waals surface area contributed by atoms with E-state index in [0.717, 1.165) is 25.2 Å². The first-order valence-electron chi connectivity index (χ1n) is 4.95. The fraction of sp³-hybridized carbons (Fsp3) is 0.600. The molecule has 78 valence electrons. The maximum absolute atomic E-state index is 8.81. The van der Waals surface area contributed by atoms with Crippen molar-refractivity contribution in [2.75, 3.05) is 18.5 Å². The molecular formula is C10H17N3O. The predicted molar refractivity (Wildman–Crippen MR) is 56.0 cm³/mol. The highest BCUT2D eigenvalue weighted by atomic mass is 16.3. The number of hydrogen-bond donors (Lipinski definition) is 2. The second kappa shape index (κ2) is 6.32. The monoisotopic (exact) mass is 195 g/mol. The summed E-state index contributed by atoms with van der Waals surface area (Å²) < 4.78 is 0. The van der Waals surface area contributed by atoms with Gasteiger partial charge in [-0.05, 0) is 30.9 Å². The first-order chi connectivity index (χ1) is 6.83. The molecule has 0 aromatic carbocycles. The average molecular weight is 195 g/mol. The average Bonchev–Trinajstić information content (AvgIpc) is 2.25. The molecule has 0 saturated carbocycles. The van der Waals surface area contributed by atoms with E-state index in [1.54, 1.807) is 6.20 Å². The lowest BCUT2D eigenvalue weighted by Gasteiger charge is -2.07. The highest BCUT2D eigenvalue weighted by Gasteiger charge is 1.99. The first kappa shape index (κ1) is 10.9. The van der Waals surface area contributed by atoms with Gasteiger partial charge in [0.2, 0.25) is 0 Å². The third-order valence-corrected chi connectivity index (χ3v) is 2.06. The van der Waals surface area contributed by atoms with Gasteiger partial charge in [-0.15, -0.1) is 5.10 Å². The van der Waals surface area contributed by atoms with Crippen LogP contribution in [0.5, 0.6) is 0 Å². The Morgan fingerprint density at radius 1 is 1.57 bits per heavy atom. The Balaban J connectivity index is 2.10. The SMILES string of the molecule is CC(CO)CCCNc1cccnn1. The van der Waals surface area contributed by atoms with E-state index in [9.17, 15) is 0 Å². The molecule has 0 saturated heterocycles. The van der Waals surface area contributed by atoms with Crippen LogP contribution in [0.3, 0.4) is 0 Å². The summed E-state index contributed by atoms with van der Waals surface area (Å²) in [7, 11) is 0. The molecule has 0 radical (unpaired) electrons. The normalized spacial score (nSPS) is 12.4. The highest BCUT2D eigenvalue weighted by Crippen LogP contribution is 2.04. The molecule has 0 bridgehead atoms. The molecular weight excluding hydrogens is 178 g/mol. The Labute approximate surface area is 84.4 Å². The van der Waals surface area contributed by atoms with Crippen LogP contribution in [0.4, 0.5) is 5.82 Å². The van der Waals surface area contributed by atoms with Crippen LogP contribution in [0, 0.1) is 5.92 Å². The minimum Gasteiger partial charge on any atom is -0.396 e. The van der Waals surface area contributed by atoms with E-state index in [2.05, 4.69) is 15.5 Å². The number of aliphatic hydroxyl groups excluding tert-OH is 1. The standard InChI is InChI=1S/C10H17N3O/c1-9(8-14)4-2-6-11-10-5-3-7-12-13-10/h3,5,7,9,14H,2,4,6,8H2,1H3,(H,11,13). The molecule has 1 unspecified atom stereocenters. The van der Waals surface area contributed by atoms with E-state index in [1.165, 1.54) is 0 Å². The Morgan fingerprint density at radius 2 is 2.43 bits per heavy atom. The molecule has 0 spiro atoms. The highest BCUT2D eigenvalue weighted by molar-refractivity contribution is 5.30. The Kier molecular flexibility index (Phi) is 4.93. The van der Waals surface area contributed by atoms with E-state index >= 15 is 0 Å². The summed E-state index contributed by atoms with van der Waals surface area (Å²) in [4.78, 5) is 0. The van der Waals surface area contributed by atoms with Gasteiger partial charge in [0.15, 0.2) is 0 Å². The summed E-state index contributed by atoms with van der Waals surface area (Å²) >= 11 is 0. The summed E-state index contributed by atoms with van der Waals surface area (Å²) in [6.07, 6.45) is 3.72. The molecule has 0 aliphatic heterocycles. The zero-order valence-electron chi connectivity index (χ0n) is 8.48. The molecule has 0 amide bonds. The van der Waals surface area contributed by atoms with Crippen LogP contribution in [0.2, 0.25) is 0 Å². The van der Waals surface area contributed by atoms with Crippen LogP contribution in [0.1, 0.15) is 19.8 Å². The summed E-state index contributed by atoms with van der Waals surface area (Å²) in [5.74, 6) is 1.20. The number of nitrogens with one attached hydrogen (secondary N) is 1. The largest absolute Gasteiger partial charge is 0.396 e. The van der Waals surface area contributed by atoms with Gasteiger partial charge in [-0.1, -0.05) is 6.92 Å². The van der Waals surface area contributed by atoms with Crippen LogP contribution in [-0.4, -0.2) is 28.5 Å². The second-order valence-corrected chi connectivity index (χ2v) is 3.47. The predicted octanol–water partition coefficient (Wildman–Crippen LogP) is 1.30. The number of rotatable bonds is 6. The smallest absolute Gasteiger partial charge is 0.148 e. The lowest BCUT2D eigenvalue weighted by Crippen LogP contribution is -2.07. The quantitative estimate of drug-likeness (QED) is 0.672. The van der Waals surface area contributed by atoms with Gasteiger partial charge >= 0.3 is 0 Å². The maximum Gasteiger partial charge on any atom is 0.148 e. The van der Waals surface area contributed by atoms with Gasteiger partial charge in [0.25, 0.3) is 0 Å². The van der Waals surface area contributed by atoms with Crippen LogP contribution in [-0.2, 0) is 0 Å². The lowest BCUT2D eigenvalue weighted by atomic mass is 10.1. The molecule has 0 fully saturated rings. The fourth-order valence-corrected chi connectivity index (χ4v) is 1.15. The Hall–Kier alpha value is -1.16. The van der Waals surface area contributed by atoms with E-state index in [-0.39, 0.29) is 6.61 Å². The van der Waals surface area contributed by atoms with Crippen molar-refractivity contribution in [3.8, 4) is 0 Å². The number of aromatic nitrogens is 2. The summed E-state index contributed by atoms with van der Waals surface area (Å²) in [6.45, 7) is 3.19. The van der Waals surface area contributed by atoms with Gasteiger partial charge in [0, 0.05) is 19.3 Å². The molecule has 1 aromatic heterocycles. The van der Waals surface area contributed by atoms with E-state index < -0.39 is 0 Å². The number of hydrogen-bond acceptors (Lipinski definition) is 4. The zero-order chi connectivity index (χ0) is 10.2. The zero-order valence-corrected chi connectivity index (χ0v) is 8.48. The minimum absolute atomic E-state index is 0.269. The lowest BCUT2D eigenvalue weighted by molar-refractivity contribution is 0.229. The van der Waals surface area contributed by atoms with Crippen molar-refractivity contribution in [2.45, 2.75) is 19.8 Å². The van der Waals surface area contributed by atoms with E-state index in [4.69, 9.17) is 5.11 Å². The first-order valence-corrected chi connectivity index (χ1v) is 4.95. The molecule has 1 atom stereocenters. The third kappa shape index (κ3) is 4.18. The van der Waals surface area contributed by atoms with Crippen molar-refractivity contribution in [3.05, 3.63) is 18.3 Å². The molecule has 1 aromatic rings. The van der Waals surface area contributed by atoms with E-state index in [1.807, 2.05) is 19.1 Å². The van der Waals surface area contributed by atoms with Crippen molar-refractivity contribution in [2.24, 2.45) is 5.92 Å². The van der Waals surface area contributed by atoms with Crippen LogP contribution in [0.25, 0.3) is 0 Å². The van der Waals surface area contributed by atoms with Gasteiger partial charge in [-0.25, -0.2) is 0 Å². The van der Waals surface area contributed by atoms with Crippen LogP contribution < -0.4 is 5.32 Å². The number of anilines is 1. The fourth-order valence-electron chi connectivity index (χ4n) is 1.15. The summed E-state index contributed by atoms with van der Waals surface area (Å²) in [6, 6.07) is 3.74. The molecule has 14 heavy (non-hydrogen) atoms. The topological polar surface area (TPSA) is 58.0 Å². The Bertz CT molecular complexity index is 240. The summed E-state index contributed by atoms with van der Waals surface area (Å²) in [5.41, 5.74) is 0. The number of aliphatic hydroxyl groups is 1. The van der Waals surface area contributed by atoms with Gasteiger partial charge < -0.3 is 10.4 Å². The van der Waals surface area contributed by atoms with Crippen LogP contribution in [0.15, 0.2) is 18.3 Å². The van der Waals surface area contributed by atoms with Crippen molar-refractivity contribution in [1.29, 1.82) is 0 Å². The van der Waals surface area contributed by atoms with Gasteiger partial charge in [0.1, 0.15) is 5.82 Å². The van der Waals surface area contributed by atoms with E-state index in [0.29, 0.717) is 5.92 Å². The van der Waals surface area contributed by atoms with Crippen molar-refractivity contribution >= 4 is 5.82 Å². The molecule has 2 N–H and O–H groups in total.